The van der Waals surface area contributed by atoms with E-state index in [1.165, 1.54) is 23.9 Å². The van der Waals surface area contributed by atoms with E-state index in [9.17, 15) is 18.4 Å². The summed E-state index contributed by atoms with van der Waals surface area (Å²) in [7, 11) is 2.93. The molecule has 4 heterocycles. The second-order valence-corrected chi connectivity index (χ2v) is 9.77. The Labute approximate surface area is 214 Å². The lowest BCUT2D eigenvalue weighted by molar-refractivity contribution is -0.137. The van der Waals surface area contributed by atoms with Gasteiger partial charge in [0.05, 0.1) is 23.9 Å². The van der Waals surface area contributed by atoms with E-state index in [0.29, 0.717) is 18.6 Å². The number of benzene rings is 2. The standard InChI is InChI=1S/C26H23F4N7O/c1-36-11-16(20-15(8-31)18(32)5-6-19(20)36)21-17(26(28,29)30)7-14-23(22(21)27)34-25(38-2)35-24(14)37-9-12-3-4-13(10-37)33-12/h5-7,11-13,33H,3-4,9-10,32H2,1-2H3. The maximum absolute atomic E-state index is 16.4. The van der Waals surface area contributed by atoms with E-state index in [2.05, 4.69) is 15.3 Å². The molecule has 0 saturated carbocycles. The summed E-state index contributed by atoms with van der Waals surface area (Å²) in [6.07, 6.45) is -1.66. The number of nitrogens with zero attached hydrogens (tertiary/aromatic N) is 5. The molecule has 0 radical (unpaired) electrons. The summed E-state index contributed by atoms with van der Waals surface area (Å²) in [5.41, 5.74) is 4.20. The highest BCUT2D eigenvalue weighted by atomic mass is 19.4. The van der Waals surface area contributed by atoms with Gasteiger partial charge in [-0.3, -0.25) is 0 Å². The summed E-state index contributed by atoms with van der Waals surface area (Å²) >= 11 is 0. The lowest BCUT2D eigenvalue weighted by Crippen LogP contribution is -2.51. The van der Waals surface area contributed by atoms with Gasteiger partial charge in [-0.05, 0) is 31.0 Å². The number of aromatic nitrogens is 3. The van der Waals surface area contributed by atoms with Crippen molar-refractivity contribution in [2.24, 2.45) is 7.05 Å². The Morgan fingerprint density at radius 1 is 1.18 bits per heavy atom. The highest BCUT2D eigenvalue weighted by Crippen LogP contribution is 2.46. The lowest BCUT2D eigenvalue weighted by Gasteiger charge is -2.34. The topological polar surface area (TPSA) is 105 Å². The van der Waals surface area contributed by atoms with Crippen LogP contribution in [-0.2, 0) is 13.2 Å². The zero-order valence-corrected chi connectivity index (χ0v) is 20.5. The molecule has 38 heavy (non-hydrogen) atoms. The molecule has 2 aliphatic heterocycles. The number of aryl methyl sites for hydroxylation is 1. The van der Waals surface area contributed by atoms with E-state index in [0.717, 1.165) is 18.9 Å². The number of nitrogen functional groups attached to an aromatic ring is 1. The number of methoxy groups -OCH3 is 1. The summed E-state index contributed by atoms with van der Waals surface area (Å²) in [5.74, 6) is -0.977. The Hall–Kier alpha value is -4.11. The van der Waals surface area contributed by atoms with Crippen molar-refractivity contribution in [3.05, 3.63) is 41.3 Å². The van der Waals surface area contributed by atoms with Crippen molar-refractivity contribution in [3.8, 4) is 23.2 Å². The lowest BCUT2D eigenvalue weighted by atomic mass is 9.93. The zero-order valence-electron chi connectivity index (χ0n) is 20.5. The minimum Gasteiger partial charge on any atom is -0.467 e. The highest BCUT2D eigenvalue weighted by molar-refractivity contribution is 6.05. The molecular formula is C26H23F4N7O. The molecule has 2 atom stereocenters. The number of nitrogens with one attached hydrogen (secondary N) is 1. The van der Waals surface area contributed by atoms with Crippen LogP contribution < -0.4 is 20.7 Å². The van der Waals surface area contributed by atoms with Crippen molar-refractivity contribution in [2.45, 2.75) is 31.1 Å². The predicted molar refractivity (Wildman–Crippen MR) is 134 cm³/mol. The molecule has 196 valence electrons. The van der Waals surface area contributed by atoms with Gasteiger partial charge in [0.15, 0.2) is 5.82 Å². The van der Waals surface area contributed by atoms with Crippen molar-refractivity contribution < 1.29 is 22.3 Å². The van der Waals surface area contributed by atoms with E-state index in [-0.39, 0.29) is 57.0 Å². The quantitative estimate of drug-likeness (QED) is 0.303. The molecule has 8 nitrogen and oxygen atoms in total. The van der Waals surface area contributed by atoms with Gasteiger partial charge in [-0.25, -0.2) is 4.39 Å². The van der Waals surface area contributed by atoms with E-state index >= 15 is 4.39 Å². The Balaban J connectivity index is 1.69. The Kier molecular flexibility index (Phi) is 5.39. The number of ether oxygens (including phenoxy) is 1. The molecule has 2 aromatic heterocycles. The Bertz CT molecular complexity index is 1640. The van der Waals surface area contributed by atoms with E-state index in [4.69, 9.17) is 10.5 Å². The number of piperazine rings is 1. The summed E-state index contributed by atoms with van der Waals surface area (Å²) < 4.78 is 67.1. The first kappa shape index (κ1) is 24.2. The SMILES string of the molecule is COc1nc(N2CC3CCC(C2)N3)c2cc(C(F)(F)F)c(-c3cn(C)c4ccc(N)c(C#N)c34)c(F)c2n1. The first-order chi connectivity index (χ1) is 18.1. The van der Waals surface area contributed by atoms with Gasteiger partial charge in [-0.1, -0.05) is 0 Å². The van der Waals surface area contributed by atoms with Crippen LogP contribution >= 0.6 is 0 Å². The molecule has 4 aromatic rings. The molecule has 2 bridgehead atoms. The number of anilines is 2. The van der Waals surface area contributed by atoms with E-state index in [1.807, 2.05) is 11.0 Å². The van der Waals surface area contributed by atoms with Crippen molar-refractivity contribution >= 4 is 33.3 Å². The number of hydrogen-bond acceptors (Lipinski definition) is 7. The fourth-order valence-electron chi connectivity index (χ4n) is 5.79. The first-order valence-corrected chi connectivity index (χ1v) is 12.0. The van der Waals surface area contributed by atoms with Crippen LogP contribution in [0.2, 0.25) is 0 Å². The number of halogens is 4. The van der Waals surface area contributed by atoms with Gasteiger partial charge >= 0.3 is 12.2 Å². The van der Waals surface area contributed by atoms with Crippen LogP contribution in [0.15, 0.2) is 24.4 Å². The molecule has 0 aliphatic carbocycles. The van der Waals surface area contributed by atoms with Crippen LogP contribution in [0.25, 0.3) is 32.9 Å². The van der Waals surface area contributed by atoms with Gasteiger partial charge in [0, 0.05) is 65.8 Å². The van der Waals surface area contributed by atoms with Gasteiger partial charge in [0.1, 0.15) is 17.4 Å². The van der Waals surface area contributed by atoms with Crippen LogP contribution in [0, 0.1) is 17.1 Å². The minimum atomic E-state index is -4.92. The number of nitriles is 1. The molecule has 2 aliphatic rings. The maximum atomic E-state index is 16.4. The van der Waals surface area contributed by atoms with Crippen molar-refractivity contribution in [2.75, 3.05) is 30.8 Å². The minimum absolute atomic E-state index is 0.0250. The largest absolute Gasteiger partial charge is 0.467 e. The molecule has 2 fully saturated rings. The summed E-state index contributed by atoms with van der Waals surface area (Å²) in [5, 5.41) is 13.3. The molecule has 3 N–H and O–H groups in total. The fourth-order valence-corrected chi connectivity index (χ4v) is 5.79. The third-order valence-corrected chi connectivity index (χ3v) is 7.46. The van der Waals surface area contributed by atoms with Crippen LogP contribution in [0.1, 0.15) is 24.0 Å². The summed E-state index contributed by atoms with van der Waals surface area (Å²) in [6.45, 7) is 1.04. The van der Waals surface area contributed by atoms with Gasteiger partial charge in [-0.2, -0.15) is 28.4 Å². The summed E-state index contributed by atoms with van der Waals surface area (Å²) in [4.78, 5) is 10.4. The fraction of sp³-hybridized carbons (Fsp3) is 0.346. The molecule has 2 saturated heterocycles. The van der Waals surface area contributed by atoms with Gasteiger partial charge < -0.3 is 25.3 Å². The highest BCUT2D eigenvalue weighted by Gasteiger charge is 2.39. The maximum Gasteiger partial charge on any atom is 0.417 e. The molecule has 0 spiro atoms. The van der Waals surface area contributed by atoms with Crippen LogP contribution in [0.3, 0.4) is 0 Å². The van der Waals surface area contributed by atoms with Crippen molar-refractivity contribution in [3.63, 3.8) is 0 Å². The first-order valence-electron chi connectivity index (χ1n) is 12.0. The average Bonchev–Trinajstić information content (AvgIpc) is 3.40. The van der Waals surface area contributed by atoms with Crippen LogP contribution in [0.4, 0.5) is 29.1 Å². The normalized spacial score (nSPS) is 19.3. The smallest absolute Gasteiger partial charge is 0.417 e. The molecule has 6 rings (SSSR count). The van der Waals surface area contributed by atoms with Crippen molar-refractivity contribution in [1.82, 2.24) is 19.9 Å². The number of fused-ring (bicyclic) bond motifs is 4. The molecule has 2 aromatic carbocycles. The molecular weight excluding hydrogens is 502 g/mol. The molecule has 0 amide bonds. The summed E-state index contributed by atoms with van der Waals surface area (Å²) in [6, 6.07) is 6.14. The molecule has 2 unspecified atom stereocenters. The second kappa shape index (κ2) is 8.46. The predicted octanol–water partition coefficient (Wildman–Crippen LogP) is 4.35. The van der Waals surface area contributed by atoms with E-state index in [1.54, 1.807) is 13.1 Å². The Morgan fingerprint density at radius 3 is 2.53 bits per heavy atom. The van der Waals surface area contributed by atoms with E-state index < -0.39 is 23.1 Å². The monoisotopic (exact) mass is 525 g/mol. The molecule has 12 heteroatoms. The number of nitrogens with two attached hydrogens (primary N) is 1. The second-order valence-electron chi connectivity index (χ2n) is 9.77. The number of alkyl halides is 3. The van der Waals surface area contributed by atoms with Gasteiger partial charge in [0.2, 0.25) is 0 Å². The van der Waals surface area contributed by atoms with Gasteiger partial charge in [0.25, 0.3) is 0 Å². The third-order valence-electron chi connectivity index (χ3n) is 7.46. The van der Waals surface area contributed by atoms with Crippen LogP contribution in [0.5, 0.6) is 6.01 Å². The third kappa shape index (κ3) is 3.60. The number of hydrogen-bond donors (Lipinski definition) is 2. The average molecular weight is 526 g/mol. The van der Waals surface area contributed by atoms with Crippen LogP contribution in [-0.4, -0.2) is 46.8 Å². The number of rotatable bonds is 3. The Morgan fingerprint density at radius 2 is 1.89 bits per heavy atom. The zero-order chi connectivity index (χ0) is 26.9. The van der Waals surface area contributed by atoms with Gasteiger partial charge in [-0.15, -0.1) is 0 Å². The van der Waals surface area contributed by atoms with Crippen molar-refractivity contribution in [1.29, 1.82) is 5.26 Å².